The molecular formula is C27H29ClN2O5S. The van der Waals surface area contributed by atoms with Crippen LogP contribution in [-0.4, -0.2) is 57.4 Å². The molecule has 190 valence electrons. The molecule has 0 radical (unpaired) electrons. The third kappa shape index (κ3) is 5.39. The Morgan fingerprint density at radius 2 is 1.75 bits per heavy atom. The van der Waals surface area contributed by atoms with E-state index in [-0.39, 0.29) is 17.9 Å². The van der Waals surface area contributed by atoms with E-state index >= 15 is 0 Å². The molecule has 4 rings (SSSR count). The number of amides is 1. The maximum atomic E-state index is 13.6. The van der Waals surface area contributed by atoms with Gasteiger partial charge in [-0.15, -0.1) is 23.4 Å². The molecule has 0 spiro atoms. The molecule has 2 aliphatic heterocycles. The van der Waals surface area contributed by atoms with Crippen LogP contribution in [0, 0.1) is 0 Å². The maximum absolute atomic E-state index is 13.6. The van der Waals surface area contributed by atoms with Crippen molar-refractivity contribution >= 4 is 41.2 Å². The third-order valence-electron chi connectivity index (χ3n) is 6.13. The molecule has 2 aromatic carbocycles. The van der Waals surface area contributed by atoms with E-state index in [1.165, 1.54) is 22.7 Å². The fraction of sp³-hybridized carbons (Fsp3) is 0.370. The second-order valence-corrected chi connectivity index (χ2v) is 10.9. The molecule has 36 heavy (non-hydrogen) atoms. The predicted octanol–water partition coefficient (Wildman–Crippen LogP) is 4.03. The minimum Gasteiger partial charge on any atom is -0.463 e. The summed E-state index contributed by atoms with van der Waals surface area (Å²) in [5.74, 6) is -0.858. The first-order chi connectivity index (χ1) is 17.2. The van der Waals surface area contributed by atoms with Gasteiger partial charge in [0.05, 0.1) is 11.5 Å². The number of rotatable bonds is 8. The number of hydrogen-bond donors (Lipinski definition) is 1. The minimum atomic E-state index is -1.01. The number of esters is 2. The Kier molecular flexibility index (Phi) is 7.95. The van der Waals surface area contributed by atoms with Crippen LogP contribution in [0.3, 0.4) is 0 Å². The summed E-state index contributed by atoms with van der Waals surface area (Å²) in [6.45, 7) is 5.44. The molecule has 0 aromatic heterocycles. The second-order valence-electron chi connectivity index (χ2n) is 8.97. The average Bonchev–Trinajstić information content (AvgIpc) is 2.86. The summed E-state index contributed by atoms with van der Waals surface area (Å²) in [5, 5.41) is 2.77. The molecule has 0 bridgehead atoms. The normalized spacial score (nSPS) is 25.6. The number of β-lactam (4-membered cyclic amide) rings is 1. The number of benzene rings is 2. The third-order valence-corrected chi connectivity index (χ3v) is 8.24. The van der Waals surface area contributed by atoms with Gasteiger partial charge in [0.2, 0.25) is 5.91 Å². The smallest absolute Gasteiger partial charge is 0.332 e. The molecule has 2 aliphatic rings. The van der Waals surface area contributed by atoms with Crippen molar-refractivity contribution in [1.29, 1.82) is 0 Å². The van der Waals surface area contributed by atoms with E-state index in [0.717, 1.165) is 11.1 Å². The van der Waals surface area contributed by atoms with Crippen molar-refractivity contribution in [2.45, 2.75) is 49.2 Å². The van der Waals surface area contributed by atoms with Crippen LogP contribution in [-0.2, 0) is 23.9 Å². The first-order valence-electron chi connectivity index (χ1n) is 11.8. The molecule has 2 saturated heterocycles. The lowest BCUT2D eigenvalue weighted by Gasteiger charge is -2.56. The molecule has 1 amide bonds. The van der Waals surface area contributed by atoms with Crippen molar-refractivity contribution < 1.29 is 23.9 Å². The Morgan fingerprint density at radius 1 is 1.17 bits per heavy atom. The van der Waals surface area contributed by atoms with Crippen LogP contribution in [0.15, 0.2) is 72.4 Å². The highest BCUT2D eigenvalue weighted by molar-refractivity contribution is 8.00. The van der Waals surface area contributed by atoms with Gasteiger partial charge in [0.15, 0.2) is 12.1 Å². The van der Waals surface area contributed by atoms with Crippen LogP contribution in [0.25, 0.3) is 0 Å². The number of alkyl halides is 1. The number of allylic oxidation sites excluding steroid dienone is 1. The topological polar surface area (TPSA) is 84.9 Å². The van der Waals surface area contributed by atoms with Gasteiger partial charge in [0.1, 0.15) is 11.4 Å². The zero-order valence-electron chi connectivity index (χ0n) is 20.3. The summed E-state index contributed by atoms with van der Waals surface area (Å²) >= 11 is 8.31. The Bertz CT molecular complexity index is 1100. The van der Waals surface area contributed by atoms with Gasteiger partial charge in [-0.25, -0.2) is 9.59 Å². The first-order valence-corrected chi connectivity index (χ1v) is 13.2. The number of nitrogens with one attached hydrogen (secondary N) is 1. The average molecular weight is 529 g/mol. The molecule has 2 fully saturated rings. The molecule has 0 saturated carbocycles. The Hall–Kier alpha value is -2.97. The Morgan fingerprint density at radius 3 is 2.31 bits per heavy atom. The SMILES string of the molecule is CCOC(=O)/C=C(\C)N[C@@H]1C(=O)N2[C@@H]1SC[C@@](C)(Cl)[C@@H]2C(=O)OC(c1ccccc1)c1ccccc1. The zero-order chi connectivity index (χ0) is 25.9. The summed E-state index contributed by atoms with van der Waals surface area (Å²) in [5.41, 5.74) is 2.16. The van der Waals surface area contributed by atoms with Crippen molar-refractivity contribution in [2.75, 3.05) is 12.4 Å². The van der Waals surface area contributed by atoms with Gasteiger partial charge in [-0.2, -0.15) is 0 Å². The number of halogens is 1. The summed E-state index contributed by atoms with van der Waals surface area (Å²) < 4.78 is 11.0. The van der Waals surface area contributed by atoms with Crippen molar-refractivity contribution in [1.82, 2.24) is 10.2 Å². The van der Waals surface area contributed by atoms with Gasteiger partial charge in [-0.1, -0.05) is 60.7 Å². The highest BCUT2D eigenvalue weighted by Gasteiger charge is 2.61. The van der Waals surface area contributed by atoms with E-state index in [9.17, 15) is 14.4 Å². The number of fused-ring (bicyclic) bond motifs is 1. The summed E-state index contributed by atoms with van der Waals surface area (Å²) in [6.07, 6.45) is 0.676. The fourth-order valence-corrected chi connectivity index (χ4v) is 6.26. The van der Waals surface area contributed by atoms with Crippen molar-refractivity contribution in [3.63, 3.8) is 0 Å². The monoisotopic (exact) mass is 528 g/mol. The molecule has 1 N–H and O–H groups in total. The van der Waals surface area contributed by atoms with Crippen molar-refractivity contribution in [3.8, 4) is 0 Å². The Balaban J connectivity index is 1.55. The number of ether oxygens (including phenoxy) is 2. The summed E-state index contributed by atoms with van der Waals surface area (Å²) in [7, 11) is 0. The van der Waals surface area contributed by atoms with Gasteiger partial charge in [0, 0.05) is 17.5 Å². The number of carbonyl (C=O) groups excluding carboxylic acids is 3. The molecule has 9 heteroatoms. The number of thioether (sulfide) groups is 1. The molecule has 4 atom stereocenters. The van der Waals surface area contributed by atoms with E-state index in [1.807, 2.05) is 60.7 Å². The van der Waals surface area contributed by atoms with Crippen LogP contribution < -0.4 is 5.32 Å². The highest BCUT2D eigenvalue weighted by Crippen LogP contribution is 2.46. The zero-order valence-corrected chi connectivity index (χ0v) is 21.9. The first kappa shape index (κ1) is 26.1. The summed E-state index contributed by atoms with van der Waals surface area (Å²) in [4.78, 5) is 39.1. The van der Waals surface area contributed by atoms with Crippen LogP contribution in [0.1, 0.15) is 38.0 Å². The Labute approximate surface area is 220 Å². The standard InChI is InChI=1S/C27H29ClN2O5S/c1-4-34-20(31)15-17(2)29-21-24(32)30-23(27(3,28)16-36-25(21)30)26(33)35-22(18-11-7-5-8-12-18)19-13-9-6-10-14-19/h5-15,21-23,25,29H,4,16H2,1-3H3/b17-15+/t21-,23+,25-,27-/m1/s1. The van der Waals surface area contributed by atoms with Gasteiger partial charge in [0.25, 0.3) is 0 Å². The fourth-order valence-electron chi connectivity index (χ4n) is 4.46. The van der Waals surface area contributed by atoms with Crippen LogP contribution in [0.5, 0.6) is 0 Å². The number of nitrogens with zero attached hydrogens (tertiary/aromatic N) is 1. The van der Waals surface area contributed by atoms with Crippen LogP contribution in [0.2, 0.25) is 0 Å². The van der Waals surface area contributed by atoms with Gasteiger partial charge < -0.3 is 19.7 Å². The molecule has 7 nitrogen and oxygen atoms in total. The highest BCUT2D eigenvalue weighted by atomic mass is 35.5. The molecule has 2 heterocycles. The van der Waals surface area contributed by atoms with E-state index in [0.29, 0.717) is 11.4 Å². The van der Waals surface area contributed by atoms with E-state index in [4.69, 9.17) is 21.1 Å². The quantitative estimate of drug-likeness (QED) is 0.240. The molecular weight excluding hydrogens is 500 g/mol. The van der Waals surface area contributed by atoms with E-state index < -0.39 is 35.0 Å². The van der Waals surface area contributed by atoms with Gasteiger partial charge in [-0.05, 0) is 31.9 Å². The number of hydrogen-bond acceptors (Lipinski definition) is 7. The lowest BCUT2D eigenvalue weighted by Crippen LogP contribution is -2.77. The maximum Gasteiger partial charge on any atom is 0.332 e. The summed E-state index contributed by atoms with van der Waals surface area (Å²) in [6, 6.07) is 17.4. The van der Waals surface area contributed by atoms with Crippen molar-refractivity contribution in [2.24, 2.45) is 0 Å². The molecule has 0 aliphatic carbocycles. The largest absolute Gasteiger partial charge is 0.463 e. The van der Waals surface area contributed by atoms with Crippen molar-refractivity contribution in [3.05, 3.63) is 83.6 Å². The second kappa shape index (κ2) is 11.0. The van der Waals surface area contributed by atoms with Gasteiger partial charge >= 0.3 is 11.9 Å². The lowest BCUT2D eigenvalue weighted by molar-refractivity contribution is -0.168. The lowest BCUT2D eigenvalue weighted by atomic mass is 9.93. The van der Waals surface area contributed by atoms with E-state index in [1.54, 1.807) is 20.8 Å². The molecule has 0 unspecified atom stereocenters. The van der Waals surface area contributed by atoms with E-state index in [2.05, 4.69) is 5.32 Å². The van der Waals surface area contributed by atoms with Crippen LogP contribution in [0.4, 0.5) is 0 Å². The minimum absolute atomic E-state index is 0.266. The molecule has 2 aromatic rings. The number of carbonyl (C=O) groups is 3. The van der Waals surface area contributed by atoms with Crippen LogP contribution >= 0.6 is 23.4 Å². The predicted molar refractivity (Wildman–Crippen MR) is 139 cm³/mol. The van der Waals surface area contributed by atoms with Gasteiger partial charge in [-0.3, -0.25) is 4.79 Å².